The molecule has 2 aromatic carbocycles. The summed E-state index contributed by atoms with van der Waals surface area (Å²) in [7, 11) is 0. The van der Waals surface area contributed by atoms with Crippen LogP contribution in [-0.2, 0) is 4.79 Å². The zero-order chi connectivity index (χ0) is 17.6. The van der Waals surface area contributed by atoms with Crippen LogP contribution in [0.25, 0.3) is 0 Å². The Morgan fingerprint density at radius 2 is 2.00 bits per heavy atom. The van der Waals surface area contributed by atoms with E-state index < -0.39 is 6.04 Å². The molecule has 0 aromatic heterocycles. The number of thioether (sulfide) groups is 1. The van der Waals surface area contributed by atoms with Gasteiger partial charge in [-0.2, -0.15) is 11.8 Å². The SMILES string of the molecule is Cl.O=C(CC1CSCCN1)NC(c1cccc(F)c1)c1cccc(Cl)c1. The van der Waals surface area contributed by atoms with E-state index in [1.165, 1.54) is 12.1 Å². The molecule has 1 heterocycles. The molecule has 1 aliphatic heterocycles. The van der Waals surface area contributed by atoms with E-state index in [0.717, 1.165) is 23.6 Å². The van der Waals surface area contributed by atoms with Crippen molar-refractivity contribution in [1.29, 1.82) is 0 Å². The third-order valence-corrected chi connectivity index (χ3v) is 5.47. The second-order valence-electron chi connectivity index (χ2n) is 6.04. The molecule has 0 bridgehead atoms. The van der Waals surface area contributed by atoms with Crippen LogP contribution in [0.4, 0.5) is 4.39 Å². The highest BCUT2D eigenvalue weighted by Crippen LogP contribution is 2.25. The van der Waals surface area contributed by atoms with Crippen molar-refractivity contribution in [2.75, 3.05) is 18.1 Å². The predicted octanol–water partition coefficient (Wildman–Crippen LogP) is 4.20. The zero-order valence-corrected chi connectivity index (χ0v) is 16.5. The number of carbonyl (C=O) groups is 1. The maximum Gasteiger partial charge on any atom is 0.222 e. The standard InChI is InChI=1S/C19H20ClFN2OS.ClH/c20-15-5-1-3-13(9-15)19(14-4-2-6-16(21)10-14)23-18(24)11-17-12-25-8-7-22-17;/h1-6,9-10,17,19,22H,7-8,11-12H2,(H,23,24);1H. The largest absolute Gasteiger partial charge is 0.345 e. The molecule has 2 aromatic rings. The smallest absolute Gasteiger partial charge is 0.222 e. The van der Waals surface area contributed by atoms with Crippen LogP contribution < -0.4 is 10.6 Å². The van der Waals surface area contributed by atoms with Gasteiger partial charge in [0.25, 0.3) is 0 Å². The van der Waals surface area contributed by atoms with E-state index in [0.29, 0.717) is 17.0 Å². The molecular weight excluding hydrogens is 394 g/mol. The van der Waals surface area contributed by atoms with Crippen LogP contribution in [-0.4, -0.2) is 30.0 Å². The van der Waals surface area contributed by atoms with Crippen molar-refractivity contribution in [1.82, 2.24) is 10.6 Å². The Morgan fingerprint density at radius 3 is 2.65 bits per heavy atom. The number of nitrogens with one attached hydrogen (secondary N) is 2. The highest BCUT2D eigenvalue weighted by molar-refractivity contribution is 7.99. The highest BCUT2D eigenvalue weighted by Gasteiger charge is 2.21. The van der Waals surface area contributed by atoms with Gasteiger partial charge in [0.15, 0.2) is 0 Å². The van der Waals surface area contributed by atoms with Crippen LogP contribution in [0.2, 0.25) is 5.02 Å². The van der Waals surface area contributed by atoms with Gasteiger partial charge in [-0.05, 0) is 35.4 Å². The Labute approximate surface area is 168 Å². The number of hydrogen-bond donors (Lipinski definition) is 2. The molecule has 7 heteroatoms. The molecule has 0 saturated carbocycles. The molecule has 1 fully saturated rings. The lowest BCUT2D eigenvalue weighted by Crippen LogP contribution is -2.42. The van der Waals surface area contributed by atoms with Crippen LogP contribution in [0.15, 0.2) is 48.5 Å². The number of hydrogen-bond acceptors (Lipinski definition) is 3. The van der Waals surface area contributed by atoms with Gasteiger partial charge in [-0.15, -0.1) is 12.4 Å². The number of amides is 1. The summed E-state index contributed by atoms with van der Waals surface area (Å²) in [6.07, 6.45) is 0.402. The molecule has 0 spiro atoms. The second-order valence-corrected chi connectivity index (χ2v) is 7.63. The van der Waals surface area contributed by atoms with E-state index in [4.69, 9.17) is 11.6 Å². The van der Waals surface area contributed by atoms with Crippen molar-refractivity contribution in [2.24, 2.45) is 0 Å². The average molecular weight is 415 g/mol. The Hall–Kier alpha value is -1.27. The topological polar surface area (TPSA) is 41.1 Å². The monoisotopic (exact) mass is 414 g/mol. The Balaban J connectivity index is 0.00000243. The third-order valence-electron chi connectivity index (χ3n) is 4.10. The summed E-state index contributed by atoms with van der Waals surface area (Å²) in [6.45, 7) is 0.921. The molecule has 0 aliphatic carbocycles. The number of halogens is 3. The minimum absolute atomic E-state index is 0. The van der Waals surface area contributed by atoms with Gasteiger partial charge in [-0.1, -0.05) is 35.9 Å². The van der Waals surface area contributed by atoms with E-state index in [1.54, 1.807) is 18.2 Å². The molecular formula is C19H21Cl2FN2OS. The molecule has 2 unspecified atom stereocenters. The predicted molar refractivity (Wildman–Crippen MR) is 109 cm³/mol. The van der Waals surface area contributed by atoms with E-state index in [2.05, 4.69) is 10.6 Å². The molecule has 26 heavy (non-hydrogen) atoms. The van der Waals surface area contributed by atoms with Crippen molar-refractivity contribution < 1.29 is 9.18 Å². The average Bonchev–Trinajstić information content (AvgIpc) is 2.60. The molecule has 1 saturated heterocycles. The number of rotatable bonds is 5. The van der Waals surface area contributed by atoms with Crippen LogP contribution in [0.1, 0.15) is 23.6 Å². The van der Waals surface area contributed by atoms with Crippen LogP contribution in [0.5, 0.6) is 0 Å². The van der Waals surface area contributed by atoms with Crippen LogP contribution in [0.3, 0.4) is 0 Å². The fourth-order valence-electron chi connectivity index (χ4n) is 2.93. The maximum absolute atomic E-state index is 13.7. The molecule has 3 rings (SSSR count). The van der Waals surface area contributed by atoms with Gasteiger partial charge in [0, 0.05) is 35.5 Å². The molecule has 1 amide bonds. The molecule has 1 aliphatic rings. The summed E-state index contributed by atoms with van der Waals surface area (Å²) in [5.41, 5.74) is 1.53. The van der Waals surface area contributed by atoms with Crippen molar-refractivity contribution in [3.05, 3.63) is 70.5 Å². The van der Waals surface area contributed by atoms with Gasteiger partial charge < -0.3 is 10.6 Å². The number of carbonyl (C=O) groups excluding carboxylic acids is 1. The summed E-state index contributed by atoms with van der Waals surface area (Å²) in [5, 5.41) is 6.98. The Kier molecular flexibility index (Phi) is 8.22. The minimum atomic E-state index is -0.432. The van der Waals surface area contributed by atoms with Crippen molar-refractivity contribution in [3.63, 3.8) is 0 Å². The maximum atomic E-state index is 13.7. The third kappa shape index (κ3) is 5.88. The normalized spacial score (nSPS) is 17.8. The van der Waals surface area contributed by atoms with Gasteiger partial charge in [0.1, 0.15) is 5.82 Å². The molecule has 0 radical (unpaired) electrons. The molecule has 3 nitrogen and oxygen atoms in total. The van der Waals surface area contributed by atoms with Gasteiger partial charge in [-0.3, -0.25) is 4.79 Å². The fraction of sp³-hybridized carbons (Fsp3) is 0.316. The molecule has 140 valence electrons. The first-order valence-corrected chi connectivity index (χ1v) is 9.76. The summed E-state index contributed by atoms with van der Waals surface area (Å²) in [4.78, 5) is 12.6. The van der Waals surface area contributed by atoms with Crippen molar-refractivity contribution in [3.8, 4) is 0 Å². The summed E-state index contributed by atoms with van der Waals surface area (Å²) in [6, 6.07) is 13.3. The first-order chi connectivity index (χ1) is 12.1. The Bertz CT molecular complexity index is 695. The number of benzene rings is 2. The highest BCUT2D eigenvalue weighted by atomic mass is 35.5. The Morgan fingerprint density at radius 1 is 1.27 bits per heavy atom. The summed E-state index contributed by atoms with van der Waals surface area (Å²) >= 11 is 7.95. The summed E-state index contributed by atoms with van der Waals surface area (Å²) in [5.74, 6) is 1.61. The van der Waals surface area contributed by atoms with Crippen LogP contribution >= 0.6 is 35.8 Å². The van der Waals surface area contributed by atoms with E-state index in [1.807, 2.05) is 30.0 Å². The van der Waals surface area contributed by atoms with E-state index >= 15 is 0 Å². The zero-order valence-electron chi connectivity index (χ0n) is 14.1. The van der Waals surface area contributed by atoms with Gasteiger partial charge in [0.2, 0.25) is 5.91 Å². The molecule has 2 atom stereocenters. The van der Waals surface area contributed by atoms with E-state index in [9.17, 15) is 9.18 Å². The quantitative estimate of drug-likeness (QED) is 0.769. The van der Waals surface area contributed by atoms with Crippen molar-refractivity contribution >= 4 is 41.7 Å². The van der Waals surface area contributed by atoms with Crippen LogP contribution in [0, 0.1) is 5.82 Å². The van der Waals surface area contributed by atoms with Gasteiger partial charge >= 0.3 is 0 Å². The first kappa shape index (κ1) is 21.0. The fourth-order valence-corrected chi connectivity index (χ4v) is 4.07. The second kappa shape index (κ2) is 10.2. The minimum Gasteiger partial charge on any atom is -0.345 e. The molecule has 2 N–H and O–H groups in total. The van der Waals surface area contributed by atoms with Gasteiger partial charge in [-0.25, -0.2) is 4.39 Å². The first-order valence-electron chi connectivity index (χ1n) is 8.23. The lowest BCUT2D eigenvalue weighted by Gasteiger charge is -2.25. The summed E-state index contributed by atoms with van der Waals surface area (Å²) < 4.78 is 13.7. The lowest BCUT2D eigenvalue weighted by molar-refractivity contribution is -0.122. The van der Waals surface area contributed by atoms with E-state index in [-0.39, 0.29) is 30.2 Å². The lowest BCUT2D eigenvalue weighted by atomic mass is 9.98. The van der Waals surface area contributed by atoms with Gasteiger partial charge in [0.05, 0.1) is 6.04 Å². The van der Waals surface area contributed by atoms with Crippen molar-refractivity contribution in [2.45, 2.75) is 18.5 Å².